The summed E-state index contributed by atoms with van der Waals surface area (Å²) in [5.74, 6) is 0. The Balaban J connectivity index is -0.00000000800. The van der Waals surface area contributed by atoms with Crippen molar-refractivity contribution in [1.82, 2.24) is 0 Å². The van der Waals surface area contributed by atoms with Gasteiger partial charge in [0, 0.05) is 0 Å². The van der Waals surface area contributed by atoms with E-state index in [1.54, 1.807) is 0 Å². The van der Waals surface area contributed by atoms with E-state index in [2.05, 4.69) is 28.2 Å². The van der Waals surface area contributed by atoms with Gasteiger partial charge in [0.25, 0.3) is 0 Å². The van der Waals surface area contributed by atoms with Gasteiger partial charge in [-0.15, -0.1) is 95.9 Å². The highest BCUT2D eigenvalue weighted by molar-refractivity contribution is 14.0. The van der Waals surface area contributed by atoms with Gasteiger partial charge in [0.05, 0.1) is 28.2 Å². The number of rotatable bonds is 0. The van der Waals surface area contributed by atoms with Gasteiger partial charge in [0.15, 0.2) is 0 Å². The number of hydrogen-bond donors (Lipinski definition) is 0. The molecule has 1 nitrogen and oxygen atoms in total. The minimum absolute atomic E-state index is 0. The van der Waals surface area contributed by atoms with Gasteiger partial charge in [-0.2, -0.15) is 0 Å². The lowest BCUT2D eigenvalue weighted by Crippen LogP contribution is -3.00. The Hall–Kier alpha value is 3.61. The molecule has 0 aliphatic carbocycles. The van der Waals surface area contributed by atoms with Crippen molar-refractivity contribution in [2.75, 3.05) is 28.2 Å². The fourth-order valence-electron chi connectivity index (χ4n) is 0. The molecule has 0 aromatic heterocycles. The third-order valence-corrected chi connectivity index (χ3v) is 0. The van der Waals surface area contributed by atoms with E-state index in [1.807, 2.05) is 0 Å². The maximum Gasteiger partial charge on any atom is 0.0675 e. The van der Waals surface area contributed by atoms with Crippen LogP contribution in [0.25, 0.3) is 0 Å². The zero-order valence-corrected chi connectivity index (χ0v) is 17.9. The second-order valence-corrected chi connectivity index (χ2v) is 2.68. The van der Waals surface area contributed by atoms with Crippen LogP contribution in [0.2, 0.25) is 0 Å². The number of nitrogens with zero attached hydrogens (tertiary/aromatic N) is 1. The molecule has 0 amide bonds. The molecular formula is C4H16I5N. The molecule has 0 heterocycles. The van der Waals surface area contributed by atoms with Crippen LogP contribution in [-0.4, -0.2) is 32.7 Å². The molecule has 10 heavy (non-hydrogen) atoms. The molecule has 0 aliphatic heterocycles. The Labute approximate surface area is 150 Å². The average molecular weight is 713 g/mol. The van der Waals surface area contributed by atoms with Gasteiger partial charge in [-0.05, 0) is 0 Å². The van der Waals surface area contributed by atoms with E-state index in [0.29, 0.717) is 0 Å². The van der Waals surface area contributed by atoms with E-state index in [4.69, 9.17) is 0 Å². The van der Waals surface area contributed by atoms with E-state index < -0.39 is 0 Å². The molecule has 0 radical (unpaired) electrons. The first-order valence-corrected chi connectivity index (χ1v) is 1.79. The van der Waals surface area contributed by atoms with Gasteiger partial charge in [-0.25, -0.2) is 0 Å². The molecule has 0 bridgehead atoms. The van der Waals surface area contributed by atoms with E-state index in [0.717, 1.165) is 4.48 Å². The summed E-state index contributed by atoms with van der Waals surface area (Å²) in [5.41, 5.74) is 0. The van der Waals surface area contributed by atoms with E-state index in [-0.39, 0.29) is 120 Å². The summed E-state index contributed by atoms with van der Waals surface area (Å²) in [6, 6.07) is 0. The molecule has 0 aliphatic rings. The fourth-order valence-corrected chi connectivity index (χ4v) is 0. The van der Waals surface area contributed by atoms with Crippen LogP contribution in [-0.2, 0) is 0 Å². The largest absolute Gasteiger partial charge is 1.00 e. The summed E-state index contributed by atoms with van der Waals surface area (Å²) in [7, 11) is 8.50. The Kier molecular flexibility index (Phi) is 68.8. The zero-order chi connectivity index (χ0) is 4.50. The molecule has 0 atom stereocenters. The van der Waals surface area contributed by atoms with Crippen LogP contribution in [0.3, 0.4) is 0 Å². The highest BCUT2D eigenvalue weighted by Crippen LogP contribution is 1.73. The smallest absolute Gasteiger partial charge is 0.0675 e. The highest BCUT2D eigenvalue weighted by Gasteiger charge is 1.88. The van der Waals surface area contributed by atoms with Gasteiger partial charge in [0.1, 0.15) is 0 Å². The van der Waals surface area contributed by atoms with Crippen molar-refractivity contribution in [3.63, 3.8) is 0 Å². The lowest BCUT2D eigenvalue weighted by atomic mass is 10.8. The van der Waals surface area contributed by atoms with Crippen LogP contribution < -0.4 is 24.0 Å². The number of quaternary nitrogens is 1. The molecule has 0 rings (SSSR count). The predicted octanol–water partition coefficient (Wildman–Crippen LogP) is -0.202. The summed E-state index contributed by atoms with van der Waals surface area (Å²) in [6.07, 6.45) is 0. The molecule has 0 unspecified atom stereocenters. The highest BCUT2D eigenvalue weighted by atomic mass is 127. The Morgan fingerprint density at radius 2 is 0.600 bits per heavy atom. The van der Waals surface area contributed by atoms with Crippen molar-refractivity contribution >= 4 is 95.9 Å². The van der Waals surface area contributed by atoms with Crippen molar-refractivity contribution in [1.29, 1.82) is 0 Å². The van der Waals surface area contributed by atoms with Gasteiger partial charge >= 0.3 is 0 Å². The summed E-state index contributed by atoms with van der Waals surface area (Å²) in [6.45, 7) is 0. The average Bonchev–Trinajstić information content (AvgIpc) is 0.722. The van der Waals surface area contributed by atoms with Crippen LogP contribution in [0.5, 0.6) is 0 Å². The lowest BCUT2D eigenvalue weighted by Gasteiger charge is -2.14. The van der Waals surface area contributed by atoms with Crippen molar-refractivity contribution in [3.05, 3.63) is 0 Å². The Morgan fingerprint density at radius 3 is 0.600 bits per heavy atom. The third-order valence-electron chi connectivity index (χ3n) is 0. The van der Waals surface area contributed by atoms with Crippen molar-refractivity contribution < 1.29 is 28.5 Å². The molecule has 0 saturated heterocycles. The van der Waals surface area contributed by atoms with Crippen LogP contribution in [0.4, 0.5) is 0 Å². The minimum Gasteiger partial charge on any atom is -1.00 e. The van der Waals surface area contributed by atoms with Crippen molar-refractivity contribution in [3.8, 4) is 0 Å². The van der Waals surface area contributed by atoms with Gasteiger partial charge in [-0.1, -0.05) is 0 Å². The van der Waals surface area contributed by atoms with Gasteiger partial charge in [-0.3, -0.25) is 0 Å². The molecule has 0 spiro atoms. The summed E-state index contributed by atoms with van der Waals surface area (Å²) in [5, 5.41) is 0. The number of hydrogen-bond acceptors (Lipinski definition) is 0. The molecular weight excluding hydrogens is 697 g/mol. The monoisotopic (exact) mass is 713 g/mol. The third kappa shape index (κ3) is 100. The maximum absolute atomic E-state index is 2.12. The van der Waals surface area contributed by atoms with E-state index >= 15 is 0 Å². The van der Waals surface area contributed by atoms with E-state index in [1.165, 1.54) is 0 Å². The maximum atomic E-state index is 2.12. The summed E-state index contributed by atoms with van der Waals surface area (Å²) < 4.78 is 1.00. The normalized spacial score (nSPS) is 6.00. The van der Waals surface area contributed by atoms with Crippen LogP contribution in [0, 0.1) is 0 Å². The van der Waals surface area contributed by atoms with Crippen LogP contribution in [0.1, 0.15) is 0 Å². The molecule has 0 aromatic rings. The molecule has 0 N–H and O–H groups in total. The first-order valence-electron chi connectivity index (χ1n) is 1.79. The first-order chi connectivity index (χ1) is 2.00. The quantitative estimate of drug-likeness (QED) is 0.242. The van der Waals surface area contributed by atoms with Gasteiger partial charge < -0.3 is 28.5 Å². The summed E-state index contributed by atoms with van der Waals surface area (Å²) >= 11 is 0. The first kappa shape index (κ1) is 37.4. The second kappa shape index (κ2) is 18.4. The summed E-state index contributed by atoms with van der Waals surface area (Å²) in [4.78, 5) is 0. The fraction of sp³-hybridized carbons (Fsp3) is 1.00. The molecule has 72 valence electrons. The van der Waals surface area contributed by atoms with Gasteiger partial charge in [0.2, 0.25) is 0 Å². The Morgan fingerprint density at radius 1 is 0.600 bits per heavy atom. The molecule has 6 heteroatoms. The topological polar surface area (TPSA) is 0 Å². The Bertz CT molecular complexity index is 29.1. The van der Waals surface area contributed by atoms with Crippen LogP contribution in [0.15, 0.2) is 0 Å². The minimum atomic E-state index is 0. The SMILES string of the molecule is C[N+](C)(C)C.I.I.I.I.[I-]. The molecule has 0 saturated carbocycles. The molecule has 0 fully saturated rings. The predicted molar refractivity (Wildman–Crippen MR) is 85.6 cm³/mol. The number of halogens is 5. The van der Waals surface area contributed by atoms with Crippen LogP contribution >= 0.6 is 95.9 Å². The van der Waals surface area contributed by atoms with Crippen molar-refractivity contribution in [2.45, 2.75) is 0 Å². The van der Waals surface area contributed by atoms with E-state index in [9.17, 15) is 0 Å². The zero-order valence-electron chi connectivity index (χ0n) is 6.46. The van der Waals surface area contributed by atoms with Crippen molar-refractivity contribution in [2.24, 2.45) is 0 Å². The second-order valence-electron chi connectivity index (χ2n) is 2.68. The molecule has 0 aromatic carbocycles. The lowest BCUT2D eigenvalue weighted by molar-refractivity contribution is -0.849. The standard InChI is InChI=1S/C4H12N.5HI/c1-5(2,3)4;;;;;/h1-4H3;5*1H/q+1;;;;;/p-1.